The SMILES string of the molecule is CC(C)CCN(C)CC1(N)CCOCC1. The van der Waals surface area contributed by atoms with Crippen molar-refractivity contribution in [2.45, 2.75) is 38.6 Å². The van der Waals surface area contributed by atoms with Crippen LogP contribution >= 0.6 is 0 Å². The van der Waals surface area contributed by atoms with Crippen molar-refractivity contribution < 1.29 is 4.74 Å². The average Bonchev–Trinajstić information content (AvgIpc) is 2.15. The maximum absolute atomic E-state index is 6.34. The predicted octanol–water partition coefficient (Wildman–Crippen LogP) is 1.47. The van der Waals surface area contributed by atoms with Gasteiger partial charge in [0.05, 0.1) is 0 Å². The van der Waals surface area contributed by atoms with Gasteiger partial charge in [-0.1, -0.05) is 13.8 Å². The molecule has 0 aliphatic carbocycles. The lowest BCUT2D eigenvalue weighted by Gasteiger charge is -2.36. The Balaban J connectivity index is 2.25. The van der Waals surface area contributed by atoms with E-state index in [9.17, 15) is 0 Å². The van der Waals surface area contributed by atoms with E-state index >= 15 is 0 Å². The van der Waals surface area contributed by atoms with E-state index in [0.29, 0.717) is 0 Å². The molecule has 0 unspecified atom stereocenters. The van der Waals surface area contributed by atoms with Gasteiger partial charge in [-0.25, -0.2) is 0 Å². The van der Waals surface area contributed by atoms with Gasteiger partial charge in [0.15, 0.2) is 0 Å². The molecule has 0 spiro atoms. The topological polar surface area (TPSA) is 38.5 Å². The van der Waals surface area contributed by atoms with Crippen LogP contribution in [0.25, 0.3) is 0 Å². The molecule has 1 fully saturated rings. The number of hydrogen-bond donors (Lipinski definition) is 1. The van der Waals surface area contributed by atoms with Crippen molar-refractivity contribution >= 4 is 0 Å². The Morgan fingerprint density at radius 3 is 2.47 bits per heavy atom. The second kappa shape index (κ2) is 5.83. The molecule has 90 valence electrons. The third-order valence-electron chi connectivity index (χ3n) is 3.16. The lowest BCUT2D eigenvalue weighted by molar-refractivity contribution is 0.0406. The Hall–Kier alpha value is -0.120. The van der Waals surface area contributed by atoms with E-state index in [-0.39, 0.29) is 5.54 Å². The van der Waals surface area contributed by atoms with E-state index in [4.69, 9.17) is 10.5 Å². The highest BCUT2D eigenvalue weighted by atomic mass is 16.5. The molecule has 0 radical (unpaired) electrons. The van der Waals surface area contributed by atoms with Crippen LogP contribution in [0.5, 0.6) is 0 Å². The fourth-order valence-corrected chi connectivity index (χ4v) is 2.03. The van der Waals surface area contributed by atoms with Crippen LogP contribution in [0, 0.1) is 5.92 Å². The molecule has 0 bridgehead atoms. The lowest BCUT2D eigenvalue weighted by atomic mass is 9.91. The summed E-state index contributed by atoms with van der Waals surface area (Å²) in [6.07, 6.45) is 3.25. The second-order valence-corrected chi connectivity index (χ2v) is 5.40. The maximum Gasteiger partial charge on any atom is 0.0484 e. The summed E-state index contributed by atoms with van der Waals surface area (Å²) in [5.41, 5.74) is 6.33. The summed E-state index contributed by atoms with van der Waals surface area (Å²) in [7, 11) is 2.17. The van der Waals surface area contributed by atoms with Crippen LogP contribution in [-0.2, 0) is 4.74 Å². The summed E-state index contributed by atoms with van der Waals surface area (Å²) in [5, 5.41) is 0. The standard InChI is InChI=1S/C12H26N2O/c1-11(2)4-7-14(3)10-12(13)5-8-15-9-6-12/h11H,4-10,13H2,1-3H3. The van der Waals surface area contributed by atoms with Crippen LogP contribution in [0.2, 0.25) is 0 Å². The minimum absolute atomic E-state index is 0.00994. The number of nitrogens with zero attached hydrogens (tertiary/aromatic N) is 1. The molecule has 0 aromatic carbocycles. The highest BCUT2D eigenvalue weighted by Crippen LogP contribution is 2.18. The quantitative estimate of drug-likeness (QED) is 0.753. The third kappa shape index (κ3) is 4.96. The molecule has 0 saturated carbocycles. The first-order valence-electron chi connectivity index (χ1n) is 6.07. The summed E-state index contributed by atoms with van der Waals surface area (Å²) < 4.78 is 5.35. The zero-order valence-electron chi connectivity index (χ0n) is 10.5. The van der Waals surface area contributed by atoms with Crippen LogP contribution in [0.15, 0.2) is 0 Å². The zero-order chi connectivity index (χ0) is 11.3. The van der Waals surface area contributed by atoms with Gasteiger partial charge in [0.1, 0.15) is 0 Å². The van der Waals surface area contributed by atoms with Gasteiger partial charge < -0.3 is 15.4 Å². The van der Waals surface area contributed by atoms with Gasteiger partial charge in [0, 0.05) is 25.3 Å². The predicted molar refractivity (Wildman–Crippen MR) is 63.9 cm³/mol. The zero-order valence-corrected chi connectivity index (χ0v) is 10.5. The number of rotatable bonds is 5. The van der Waals surface area contributed by atoms with Crippen LogP contribution in [0.1, 0.15) is 33.1 Å². The van der Waals surface area contributed by atoms with Crippen LogP contribution < -0.4 is 5.73 Å². The number of likely N-dealkylation sites (N-methyl/N-ethyl adjacent to an activating group) is 1. The first kappa shape index (κ1) is 12.9. The number of hydrogen-bond acceptors (Lipinski definition) is 3. The third-order valence-corrected chi connectivity index (χ3v) is 3.16. The Labute approximate surface area is 94.0 Å². The summed E-state index contributed by atoms with van der Waals surface area (Å²) >= 11 is 0. The number of nitrogens with two attached hydrogens (primary N) is 1. The summed E-state index contributed by atoms with van der Waals surface area (Å²) in [5.74, 6) is 0.774. The van der Waals surface area contributed by atoms with Gasteiger partial charge in [-0.3, -0.25) is 0 Å². The highest BCUT2D eigenvalue weighted by Gasteiger charge is 2.28. The molecule has 3 nitrogen and oxygen atoms in total. The van der Waals surface area contributed by atoms with Gasteiger partial charge >= 0.3 is 0 Å². The molecule has 0 atom stereocenters. The van der Waals surface area contributed by atoms with Crippen LogP contribution in [0.4, 0.5) is 0 Å². The molecule has 1 aliphatic heterocycles. The molecular weight excluding hydrogens is 188 g/mol. The van der Waals surface area contributed by atoms with Crippen molar-refractivity contribution in [2.75, 3.05) is 33.4 Å². The number of ether oxygens (including phenoxy) is 1. The molecule has 0 aromatic rings. The van der Waals surface area contributed by atoms with Crippen molar-refractivity contribution in [3.63, 3.8) is 0 Å². The van der Waals surface area contributed by atoms with Crippen molar-refractivity contribution in [1.29, 1.82) is 0 Å². The summed E-state index contributed by atoms with van der Waals surface area (Å²) in [4.78, 5) is 2.37. The van der Waals surface area contributed by atoms with E-state index in [0.717, 1.165) is 45.1 Å². The second-order valence-electron chi connectivity index (χ2n) is 5.40. The van der Waals surface area contributed by atoms with Crippen molar-refractivity contribution in [1.82, 2.24) is 4.90 Å². The van der Waals surface area contributed by atoms with Crippen molar-refractivity contribution in [3.05, 3.63) is 0 Å². The fourth-order valence-electron chi connectivity index (χ4n) is 2.03. The van der Waals surface area contributed by atoms with E-state index in [1.165, 1.54) is 6.42 Å². The molecule has 0 aromatic heterocycles. The van der Waals surface area contributed by atoms with Gasteiger partial charge in [-0.2, -0.15) is 0 Å². The Morgan fingerprint density at radius 2 is 1.93 bits per heavy atom. The molecular formula is C12H26N2O. The lowest BCUT2D eigenvalue weighted by Crippen LogP contribution is -2.52. The van der Waals surface area contributed by atoms with E-state index < -0.39 is 0 Å². The minimum atomic E-state index is -0.00994. The normalized spacial score (nSPS) is 21.2. The summed E-state index contributed by atoms with van der Waals surface area (Å²) in [6.45, 7) is 8.34. The smallest absolute Gasteiger partial charge is 0.0484 e. The first-order chi connectivity index (χ1) is 7.02. The highest BCUT2D eigenvalue weighted by molar-refractivity contribution is 4.88. The van der Waals surface area contributed by atoms with Crippen LogP contribution in [-0.4, -0.2) is 43.8 Å². The Morgan fingerprint density at radius 1 is 1.33 bits per heavy atom. The first-order valence-corrected chi connectivity index (χ1v) is 6.07. The Kier molecular flexibility index (Phi) is 5.03. The average molecular weight is 214 g/mol. The molecule has 1 heterocycles. The van der Waals surface area contributed by atoms with Crippen molar-refractivity contribution in [2.24, 2.45) is 11.7 Å². The molecule has 15 heavy (non-hydrogen) atoms. The molecule has 1 aliphatic rings. The molecule has 1 rings (SSSR count). The van der Waals surface area contributed by atoms with Gasteiger partial charge in [0.25, 0.3) is 0 Å². The van der Waals surface area contributed by atoms with Gasteiger partial charge in [0.2, 0.25) is 0 Å². The molecule has 0 amide bonds. The van der Waals surface area contributed by atoms with Crippen LogP contribution in [0.3, 0.4) is 0 Å². The van der Waals surface area contributed by atoms with E-state index in [1.807, 2.05) is 0 Å². The van der Waals surface area contributed by atoms with Gasteiger partial charge in [-0.05, 0) is 38.8 Å². The fraction of sp³-hybridized carbons (Fsp3) is 1.00. The van der Waals surface area contributed by atoms with E-state index in [2.05, 4.69) is 25.8 Å². The Bertz CT molecular complexity index is 176. The monoisotopic (exact) mass is 214 g/mol. The molecule has 2 N–H and O–H groups in total. The van der Waals surface area contributed by atoms with Crippen molar-refractivity contribution in [3.8, 4) is 0 Å². The largest absolute Gasteiger partial charge is 0.381 e. The van der Waals surface area contributed by atoms with E-state index in [1.54, 1.807) is 0 Å². The maximum atomic E-state index is 6.34. The van der Waals surface area contributed by atoms with Gasteiger partial charge in [-0.15, -0.1) is 0 Å². The molecule has 1 saturated heterocycles. The summed E-state index contributed by atoms with van der Waals surface area (Å²) in [6, 6.07) is 0. The minimum Gasteiger partial charge on any atom is -0.381 e. The molecule has 3 heteroatoms.